The number of rotatable bonds is 7. The highest BCUT2D eigenvalue weighted by atomic mass is 16.5. The van der Waals surface area contributed by atoms with Gasteiger partial charge in [0.1, 0.15) is 18.0 Å². The number of nitrogens with zero attached hydrogens (tertiary/aromatic N) is 3. The van der Waals surface area contributed by atoms with Crippen LogP contribution in [0.15, 0.2) is 0 Å². The summed E-state index contributed by atoms with van der Waals surface area (Å²) in [6.07, 6.45) is 0. The third-order valence-corrected chi connectivity index (χ3v) is 3.35. The van der Waals surface area contributed by atoms with Crippen LogP contribution in [0.4, 0.5) is 0 Å². The van der Waals surface area contributed by atoms with Crippen LogP contribution in [-0.4, -0.2) is 45.8 Å². The number of nitrogen functional groups attached to an aromatic ring is 1. The van der Waals surface area contributed by atoms with Crippen molar-refractivity contribution in [2.24, 2.45) is 12.8 Å². The standard InChI is InChI=1S/C14H27N5O/c1-9(2)19(10(3)4)7-8-20-14-12(13(15)16)11(5)17-18(14)6/h9-10H,7-8H2,1-6H3,(H3,15,16). The van der Waals surface area contributed by atoms with Gasteiger partial charge in [-0.3, -0.25) is 10.3 Å². The Bertz CT molecular complexity index is 456. The van der Waals surface area contributed by atoms with Crippen molar-refractivity contribution in [3.8, 4) is 5.88 Å². The number of nitrogens with two attached hydrogens (primary N) is 1. The number of hydrogen-bond donors (Lipinski definition) is 2. The van der Waals surface area contributed by atoms with E-state index in [0.717, 1.165) is 12.2 Å². The molecule has 0 saturated heterocycles. The molecule has 0 bridgehead atoms. The Kier molecular flexibility index (Phi) is 5.56. The normalized spacial score (nSPS) is 11.7. The van der Waals surface area contributed by atoms with Crippen LogP contribution in [0.5, 0.6) is 5.88 Å². The van der Waals surface area contributed by atoms with Crippen LogP contribution in [0.3, 0.4) is 0 Å². The first-order valence-corrected chi connectivity index (χ1v) is 7.02. The molecule has 0 radical (unpaired) electrons. The van der Waals surface area contributed by atoms with Crippen LogP contribution < -0.4 is 10.5 Å². The van der Waals surface area contributed by atoms with Gasteiger partial charge in [-0.2, -0.15) is 5.10 Å². The van der Waals surface area contributed by atoms with Crippen LogP contribution in [0, 0.1) is 12.3 Å². The van der Waals surface area contributed by atoms with Gasteiger partial charge < -0.3 is 10.5 Å². The topological polar surface area (TPSA) is 80.2 Å². The lowest BCUT2D eigenvalue weighted by molar-refractivity contribution is 0.138. The summed E-state index contributed by atoms with van der Waals surface area (Å²) >= 11 is 0. The van der Waals surface area contributed by atoms with Gasteiger partial charge in [-0.15, -0.1) is 0 Å². The molecule has 114 valence electrons. The molecule has 6 heteroatoms. The van der Waals surface area contributed by atoms with Crippen LogP contribution in [0.1, 0.15) is 39.0 Å². The summed E-state index contributed by atoms with van der Waals surface area (Å²) in [5, 5.41) is 11.9. The molecule has 0 aliphatic heterocycles. The van der Waals surface area contributed by atoms with E-state index in [4.69, 9.17) is 15.9 Å². The van der Waals surface area contributed by atoms with E-state index >= 15 is 0 Å². The van der Waals surface area contributed by atoms with Crippen LogP contribution >= 0.6 is 0 Å². The molecule has 0 aliphatic carbocycles. The molecule has 0 atom stereocenters. The number of nitrogens with one attached hydrogen (secondary N) is 1. The van der Waals surface area contributed by atoms with Gasteiger partial charge in [0.25, 0.3) is 0 Å². The minimum atomic E-state index is -0.00447. The van der Waals surface area contributed by atoms with Gasteiger partial charge in [-0.05, 0) is 34.6 Å². The van der Waals surface area contributed by atoms with E-state index in [1.54, 1.807) is 11.7 Å². The van der Waals surface area contributed by atoms with Gasteiger partial charge in [-0.1, -0.05) is 0 Å². The first-order chi connectivity index (χ1) is 9.25. The average molecular weight is 281 g/mol. The van der Waals surface area contributed by atoms with Gasteiger partial charge in [0.05, 0.1) is 5.69 Å². The van der Waals surface area contributed by atoms with Crippen LogP contribution in [0.2, 0.25) is 0 Å². The summed E-state index contributed by atoms with van der Waals surface area (Å²) in [6, 6.07) is 0.943. The van der Waals surface area contributed by atoms with Gasteiger partial charge in [0.15, 0.2) is 0 Å². The Hall–Kier alpha value is -1.56. The molecule has 1 aromatic heterocycles. The molecule has 0 aliphatic rings. The third kappa shape index (κ3) is 3.72. The average Bonchev–Trinajstić information content (AvgIpc) is 2.58. The maximum absolute atomic E-state index is 7.62. The second-order valence-electron chi connectivity index (χ2n) is 5.58. The van der Waals surface area contributed by atoms with Gasteiger partial charge >= 0.3 is 0 Å². The summed E-state index contributed by atoms with van der Waals surface area (Å²) in [4.78, 5) is 2.36. The lowest BCUT2D eigenvalue weighted by Crippen LogP contribution is -2.39. The Labute approximate surface area is 121 Å². The van der Waals surface area contributed by atoms with Crippen molar-refractivity contribution in [1.29, 1.82) is 5.41 Å². The molecule has 1 heterocycles. The first kappa shape index (κ1) is 16.5. The van der Waals surface area contributed by atoms with Crippen molar-refractivity contribution >= 4 is 5.84 Å². The van der Waals surface area contributed by atoms with Gasteiger partial charge in [-0.25, -0.2) is 4.68 Å². The summed E-state index contributed by atoms with van der Waals surface area (Å²) in [7, 11) is 1.80. The lowest BCUT2D eigenvalue weighted by atomic mass is 10.2. The zero-order valence-electron chi connectivity index (χ0n) is 13.4. The summed E-state index contributed by atoms with van der Waals surface area (Å²) in [5.74, 6) is 0.567. The van der Waals surface area contributed by atoms with E-state index in [1.807, 2.05) is 6.92 Å². The highest BCUT2D eigenvalue weighted by molar-refractivity contribution is 5.98. The van der Waals surface area contributed by atoms with Crippen molar-refractivity contribution in [2.75, 3.05) is 13.2 Å². The maximum Gasteiger partial charge on any atom is 0.223 e. The van der Waals surface area contributed by atoms with Crippen molar-refractivity contribution in [3.63, 3.8) is 0 Å². The Morgan fingerprint density at radius 2 is 1.90 bits per heavy atom. The molecular weight excluding hydrogens is 254 g/mol. The minimum absolute atomic E-state index is 0.00447. The molecule has 3 N–H and O–H groups in total. The van der Waals surface area contributed by atoms with Crippen molar-refractivity contribution < 1.29 is 4.74 Å². The zero-order valence-corrected chi connectivity index (χ0v) is 13.4. The number of aryl methyl sites for hydroxylation is 2. The number of aromatic nitrogens is 2. The Balaban J connectivity index is 2.73. The Morgan fingerprint density at radius 1 is 1.35 bits per heavy atom. The quantitative estimate of drug-likeness (QED) is 0.586. The van der Waals surface area contributed by atoms with Crippen LogP contribution in [-0.2, 0) is 7.05 Å². The summed E-state index contributed by atoms with van der Waals surface area (Å²) in [6.45, 7) is 11.9. The number of hydrogen-bond acceptors (Lipinski definition) is 4. The van der Waals surface area contributed by atoms with Crippen molar-refractivity contribution in [3.05, 3.63) is 11.3 Å². The third-order valence-electron chi connectivity index (χ3n) is 3.35. The van der Waals surface area contributed by atoms with Gasteiger partial charge in [0.2, 0.25) is 5.88 Å². The highest BCUT2D eigenvalue weighted by Gasteiger charge is 2.18. The molecule has 0 unspecified atom stereocenters. The fourth-order valence-electron chi connectivity index (χ4n) is 2.47. The fraction of sp³-hybridized carbons (Fsp3) is 0.714. The number of amidine groups is 1. The van der Waals surface area contributed by atoms with Crippen LogP contribution in [0.25, 0.3) is 0 Å². The van der Waals surface area contributed by atoms with E-state index in [0.29, 0.717) is 30.1 Å². The minimum Gasteiger partial charge on any atom is -0.476 e. The van der Waals surface area contributed by atoms with Crippen molar-refractivity contribution in [1.82, 2.24) is 14.7 Å². The molecular formula is C14H27N5O. The van der Waals surface area contributed by atoms with E-state index < -0.39 is 0 Å². The second kappa shape index (κ2) is 6.74. The lowest BCUT2D eigenvalue weighted by Gasteiger charge is -2.30. The smallest absolute Gasteiger partial charge is 0.223 e. The molecule has 20 heavy (non-hydrogen) atoms. The monoisotopic (exact) mass is 281 g/mol. The molecule has 6 nitrogen and oxygen atoms in total. The first-order valence-electron chi connectivity index (χ1n) is 7.02. The van der Waals surface area contributed by atoms with Crippen molar-refractivity contribution in [2.45, 2.75) is 46.7 Å². The van der Waals surface area contributed by atoms with E-state index in [2.05, 4.69) is 37.7 Å². The molecule has 0 aromatic carbocycles. The molecule has 0 spiro atoms. The number of ether oxygens (including phenoxy) is 1. The SMILES string of the molecule is Cc1nn(C)c(OCCN(C(C)C)C(C)C)c1C(=N)N. The molecule has 0 fully saturated rings. The summed E-state index contributed by atoms with van der Waals surface area (Å²) < 4.78 is 7.46. The van der Waals surface area contributed by atoms with E-state index in [-0.39, 0.29) is 5.84 Å². The fourth-order valence-corrected chi connectivity index (χ4v) is 2.47. The second-order valence-corrected chi connectivity index (χ2v) is 5.58. The molecule has 1 rings (SSSR count). The molecule has 0 saturated carbocycles. The van der Waals surface area contributed by atoms with E-state index in [1.165, 1.54) is 0 Å². The largest absolute Gasteiger partial charge is 0.476 e. The predicted octanol–water partition coefficient (Wildman–Crippen LogP) is 1.51. The van der Waals surface area contributed by atoms with Gasteiger partial charge in [0, 0.05) is 25.7 Å². The maximum atomic E-state index is 7.62. The van der Waals surface area contributed by atoms with E-state index in [9.17, 15) is 0 Å². The highest BCUT2D eigenvalue weighted by Crippen LogP contribution is 2.20. The Morgan fingerprint density at radius 3 is 2.35 bits per heavy atom. The zero-order chi connectivity index (χ0) is 15.4. The molecule has 0 amide bonds. The molecule has 1 aromatic rings. The summed E-state index contributed by atoms with van der Waals surface area (Å²) in [5.41, 5.74) is 6.91. The predicted molar refractivity (Wildman–Crippen MR) is 81.4 cm³/mol.